The fraction of sp³-hybridized carbons (Fsp3) is 0.0833. The van der Waals surface area contributed by atoms with Crippen LogP contribution < -0.4 is 14.4 Å². The van der Waals surface area contributed by atoms with Gasteiger partial charge in [0.1, 0.15) is 6.61 Å². The maximum Gasteiger partial charge on any atom is 0.270 e. The lowest BCUT2D eigenvalue weighted by atomic mass is 10.1. The topological polar surface area (TPSA) is 38.8 Å². The Morgan fingerprint density at radius 2 is 1.77 bits per heavy atom. The van der Waals surface area contributed by atoms with Gasteiger partial charge in [0, 0.05) is 5.02 Å². The molecule has 4 rings (SSSR count). The molecule has 156 valence electrons. The highest BCUT2D eigenvalue weighted by Crippen LogP contribution is 2.37. The molecular weight excluding hydrogens is 450 g/mol. The second-order valence-electron chi connectivity index (χ2n) is 6.68. The molecule has 3 aromatic rings. The van der Waals surface area contributed by atoms with Gasteiger partial charge in [0.15, 0.2) is 15.8 Å². The summed E-state index contributed by atoms with van der Waals surface area (Å²) in [6, 6.07) is 22.4. The van der Waals surface area contributed by atoms with Crippen LogP contribution in [0.15, 0.2) is 77.7 Å². The van der Waals surface area contributed by atoms with Crippen LogP contribution in [0.2, 0.25) is 5.02 Å². The first-order chi connectivity index (χ1) is 15.0. The predicted octanol–water partition coefficient (Wildman–Crippen LogP) is 6.33. The number of methoxy groups -OCH3 is 1. The van der Waals surface area contributed by atoms with E-state index in [1.54, 1.807) is 12.0 Å². The summed E-state index contributed by atoms with van der Waals surface area (Å²) in [4.78, 5) is 15.1. The lowest BCUT2D eigenvalue weighted by molar-refractivity contribution is -0.113. The molecule has 1 heterocycles. The van der Waals surface area contributed by atoms with E-state index >= 15 is 0 Å². The third-order valence-corrected chi connectivity index (χ3v) is 6.16. The van der Waals surface area contributed by atoms with Gasteiger partial charge in [0.25, 0.3) is 5.91 Å². The molecule has 0 unspecified atom stereocenters. The Bertz CT molecular complexity index is 1150. The molecule has 1 aliphatic rings. The molecule has 1 amide bonds. The number of nitrogens with zero attached hydrogens (tertiary/aromatic N) is 1. The SMILES string of the molecule is COc1ccc(/C=C2/SC(=S)N(c3ccccc3)C2=O)cc1OCc1ccc(Cl)cc1. The Kier molecular flexibility index (Phi) is 6.61. The second-order valence-corrected chi connectivity index (χ2v) is 8.79. The van der Waals surface area contributed by atoms with Crippen LogP contribution in [-0.4, -0.2) is 17.3 Å². The number of hydrogen-bond donors (Lipinski definition) is 0. The van der Waals surface area contributed by atoms with Crippen molar-refractivity contribution in [2.24, 2.45) is 0 Å². The summed E-state index contributed by atoms with van der Waals surface area (Å²) in [5.41, 5.74) is 2.57. The Morgan fingerprint density at radius 3 is 2.48 bits per heavy atom. The third-order valence-electron chi connectivity index (χ3n) is 4.60. The molecule has 0 saturated carbocycles. The van der Waals surface area contributed by atoms with Gasteiger partial charge in [0.2, 0.25) is 0 Å². The quantitative estimate of drug-likeness (QED) is 0.312. The van der Waals surface area contributed by atoms with Gasteiger partial charge in [-0.05, 0) is 53.6 Å². The van der Waals surface area contributed by atoms with Crippen LogP contribution in [-0.2, 0) is 11.4 Å². The standard InChI is InChI=1S/C24H18ClNO3S2/c1-28-20-12-9-17(13-21(20)29-15-16-7-10-18(25)11-8-16)14-22-23(27)26(24(30)31-22)19-5-3-2-4-6-19/h2-14H,15H2,1H3/b22-14+. The molecule has 1 aliphatic heterocycles. The van der Waals surface area contributed by atoms with E-state index < -0.39 is 0 Å². The van der Waals surface area contributed by atoms with Crippen LogP contribution in [0.5, 0.6) is 11.5 Å². The van der Waals surface area contributed by atoms with Crippen molar-refractivity contribution in [1.29, 1.82) is 0 Å². The molecule has 0 radical (unpaired) electrons. The van der Waals surface area contributed by atoms with Crippen molar-refractivity contribution in [3.05, 3.63) is 93.9 Å². The number of thioether (sulfide) groups is 1. The fourth-order valence-corrected chi connectivity index (χ4v) is 4.48. The summed E-state index contributed by atoms with van der Waals surface area (Å²) in [7, 11) is 1.59. The molecule has 0 bridgehead atoms. The first-order valence-corrected chi connectivity index (χ1v) is 11.0. The number of carbonyl (C=O) groups excluding carboxylic acids is 1. The summed E-state index contributed by atoms with van der Waals surface area (Å²) >= 11 is 12.7. The summed E-state index contributed by atoms with van der Waals surface area (Å²) in [5.74, 6) is 1.06. The normalized spacial score (nSPS) is 14.9. The number of ether oxygens (including phenoxy) is 2. The van der Waals surface area contributed by atoms with E-state index in [4.69, 9.17) is 33.3 Å². The van der Waals surface area contributed by atoms with Crippen molar-refractivity contribution in [3.63, 3.8) is 0 Å². The van der Waals surface area contributed by atoms with E-state index in [1.807, 2.05) is 78.9 Å². The summed E-state index contributed by atoms with van der Waals surface area (Å²) in [6.45, 7) is 0.368. The average Bonchev–Trinajstić information content (AvgIpc) is 3.06. The van der Waals surface area contributed by atoms with Crippen molar-refractivity contribution in [2.75, 3.05) is 12.0 Å². The van der Waals surface area contributed by atoms with E-state index in [0.29, 0.717) is 32.4 Å². The Hall–Kier alpha value is -2.80. The second kappa shape index (κ2) is 9.56. The summed E-state index contributed by atoms with van der Waals surface area (Å²) in [5, 5.41) is 0.677. The van der Waals surface area contributed by atoms with E-state index in [-0.39, 0.29) is 5.91 Å². The number of amides is 1. The van der Waals surface area contributed by atoms with Crippen LogP contribution >= 0.6 is 35.6 Å². The van der Waals surface area contributed by atoms with E-state index in [0.717, 1.165) is 16.8 Å². The molecule has 0 aromatic heterocycles. The first kappa shape index (κ1) is 21.4. The predicted molar refractivity (Wildman–Crippen MR) is 131 cm³/mol. The lowest BCUT2D eigenvalue weighted by Gasteiger charge is -2.14. The molecular formula is C24H18ClNO3S2. The number of carbonyl (C=O) groups is 1. The van der Waals surface area contributed by atoms with Gasteiger partial charge in [-0.15, -0.1) is 0 Å². The summed E-state index contributed by atoms with van der Waals surface area (Å²) in [6.07, 6.45) is 1.82. The van der Waals surface area contributed by atoms with Crippen molar-refractivity contribution in [3.8, 4) is 11.5 Å². The molecule has 31 heavy (non-hydrogen) atoms. The van der Waals surface area contributed by atoms with Crippen LogP contribution in [0.3, 0.4) is 0 Å². The highest BCUT2D eigenvalue weighted by molar-refractivity contribution is 8.27. The van der Waals surface area contributed by atoms with E-state index in [2.05, 4.69) is 0 Å². The zero-order valence-corrected chi connectivity index (χ0v) is 19.0. The number of anilines is 1. The largest absolute Gasteiger partial charge is 0.493 e. The fourth-order valence-electron chi connectivity index (χ4n) is 3.06. The van der Waals surface area contributed by atoms with Gasteiger partial charge in [-0.2, -0.15) is 0 Å². The van der Waals surface area contributed by atoms with Gasteiger partial charge in [-0.25, -0.2) is 0 Å². The minimum absolute atomic E-state index is 0.138. The highest BCUT2D eigenvalue weighted by Gasteiger charge is 2.33. The number of thiocarbonyl (C=S) groups is 1. The molecule has 0 N–H and O–H groups in total. The van der Waals surface area contributed by atoms with Gasteiger partial charge < -0.3 is 9.47 Å². The first-order valence-electron chi connectivity index (χ1n) is 9.43. The van der Waals surface area contributed by atoms with Gasteiger partial charge in [-0.3, -0.25) is 9.69 Å². The van der Waals surface area contributed by atoms with Crippen LogP contribution in [0, 0.1) is 0 Å². The van der Waals surface area contributed by atoms with Gasteiger partial charge >= 0.3 is 0 Å². The molecule has 0 aliphatic carbocycles. The minimum atomic E-state index is -0.138. The monoisotopic (exact) mass is 467 g/mol. The van der Waals surface area contributed by atoms with E-state index in [9.17, 15) is 4.79 Å². The van der Waals surface area contributed by atoms with Gasteiger partial charge in [0.05, 0.1) is 17.7 Å². The molecule has 0 spiro atoms. The van der Waals surface area contributed by atoms with Crippen LogP contribution in [0.4, 0.5) is 5.69 Å². The third kappa shape index (κ3) is 4.93. The molecule has 1 fully saturated rings. The molecule has 7 heteroatoms. The van der Waals surface area contributed by atoms with E-state index in [1.165, 1.54) is 11.8 Å². The maximum absolute atomic E-state index is 12.9. The van der Waals surface area contributed by atoms with Crippen molar-refractivity contribution >= 4 is 57.6 Å². The highest BCUT2D eigenvalue weighted by atomic mass is 35.5. The zero-order valence-electron chi connectivity index (χ0n) is 16.6. The smallest absolute Gasteiger partial charge is 0.270 e. The van der Waals surface area contributed by atoms with Crippen molar-refractivity contribution in [2.45, 2.75) is 6.61 Å². The molecule has 4 nitrogen and oxygen atoms in total. The number of benzene rings is 3. The lowest BCUT2D eigenvalue weighted by Crippen LogP contribution is -2.27. The number of rotatable bonds is 6. The molecule has 3 aromatic carbocycles. The number of halogens is 1. The maximum atomic E-state index is 12.9. The Labute approximate surface area is 195 Å². The Morgan fingerprint density at radius 1 is 1.03 bits per heavy atom. The molecule has 0 atom stereocenters. The van der Waals surface area contributed by atoms with Crippen LogP contribution in [0.25, 0.3) is 6.08 Å². The van der Waals surface area contributed by atoms with Crippen LogP contribution in [0.1, 0.15) is 11.1 Å². The zero-order chi connectivity index (χ0) is 21.8. The minimum Gasteiger partial charge on any atom is -0.493 e. The summed E-state index contributed by atoms with van der Waals surface area (Å²) < 4.78 is 11.9. The van der Waals surface area contributed by atoms with Gasteiger partial charge in [-0.1, -0.05) is 72.0 Å². The van der Waals surface area contributed by atoms with Crippen molar-refractivity contribution < 1.29 is 14.3 Å². The number of hydrogen-bond acceptors (Lipinski definition) is 5. The average molecular weight is 468 g/mol. The van der Waals surface area contributed by atoms with Crippen molar-refractivity contribution in [1.82, 2.24) is 0 Å². The Balaban J connectivity index is 1.56. The number of para-hydroxylation sites is 1. The molecule has 1 saturated heterocycles.